The summed E-state index contributed by atoms with van der Waals surface area (Å²) in [5.41, 5.74) is 0.706. The molecule has 0 radical (unpaired) electrons. The lowest BCUT2D eigenvalue weighted by Crippen LogP contribution is -2.11. The Kier molecular flexibility index (Phi) is 8.85. The van der Waals surface area contributed by atoms with E-state index in [1.165, 1.54) is 0 Å². The monoisotopic (exact) mass is 326 g/mol. The first-order valence-electron chi connectivity index (χ1n) is 6.59. The number of nitrogens with zero attached hydrogens (tertiary/aromatic N) is 1. The molecule has 0 aliphatic rings. The standard InChI is InChI=1S/C15H15F3N2.CH2O2/c1-3-5-13(15(16,17)18)8-11(2)20-14-7-4-6-12(9-14)10-19;2-1-3/h4-9,20H,3H2,1-2H3;1H,(H,2,3)/b11-8-,13-5-;. The van der Waals surface area contributed by atoms with Gasteiger partial charge in [-0.3, -0.25) is 4.79 Å². The van der Waals surface area contributed by atoms with E-state index in [-0.39, 0.29) is 6.47 Å². The number of anilines is 1. The summed E-state index contributed by atoms with van der Waals surface area (Å²) in [6.07, 6.45) is -1.87. The van der Waals surface area contributed by atoms with Crippen molar-refractivity contribution in [1.29, 1.82) is 5.26 Å². The molecular weight excluding hydrogens is 309 g/mol. The third kappa shape index (κ3) is 8.31. The summed E-state index contributed by atoms with van der Waals surface area (Å²) >= 11 is 0. The van der Waals surface area contributed by atoms with Crippen molar-refractivity contribution in [1.82, 2.24) is 0 Å². The highest BCUT2D eigenvalue weighted by Gasteiger charge is 2.31. The Balaban J connectivity index is 0.00000149. The number of alkyl halides is 3. The Bertz CT molecular complexity index is 614. The number of nitriles is 1. The Morgan fingerprint density at radius 2 is 2.04 bits per heavy atom. The summed E-state index contributed by atoms with van der Waals surface area (Å²) in [7, 11) is 0. The zero-order chi connectivity index (χ0) is 17.9. The van der Waals surface area contributed by atoms with Crippen molar-refractivity contribution in [2.24, 2.45) is 0 Å². The Morgan fingerprint density at radius 3 is 2.52 bits per heavy atom. The van der Waals surface area contributed by atoms with Crippen LogP contribution in [-0.4, -0.2) is 17.8 Å². The Morgan fingerprint density at radius 1 is 1.43 bits per heavy atom. The van der Waals surface area contributed by atoms with Gasteiger partial charge in [-0.15, -0.1) is 0 Å². The van der Waals surface area contributed by atoms with E-state index < -0.39 is 11.7 Å². The van der Waals surface area contributed by atoms with Gasteiger partial charge in [-0.2, -0.15) is 18.4 Å². The van der Waals surface area contributed by atoms with E-state index in [2.05, 4.69) is 5.32 Å². The molecule has 0 saturated carbocycles. The third-order valence-corrected chi connectivity index (χ3v) is 2.46. The molecular formula is C16H17F3N2O2. The number of carboxylic acid groups (broad SMARTS) is 1. The van der Waals surface area contributed by atoms with Gasteiger partial charge in [0.05, 0.1) is 17.2 Å². The molecule has 1 rings (SSSR count). The van der Waals surface area contributed by atoms with Crippen LogP contribution < -0.4 is 5.32 Å². The lowest BCUT2D eigenvalue weighted by molar-refractivity contribution is -0.122. The van der Waals surface area contributed by atoms with E-state index in [1.807, 2.05) is 6.07 Å². The van der Waals surface area contributed by atoms with Gasteiger partial charge >= 0.3 is 6.18 Å². The summed E-state index contributed by atoms with van der Waals surface area (Å²) in [5, 5.41) is 18.5. The highest BCUT2D eigenvalue weighted by molar-refractivity contribution is 5.53. The number of rotatable bonds is 4. The van der Waals surface area contributed by atoms with E-state index >= 15 is 0 Å². The number of halogens is 3. The van der Waals surface area contributed by atoms with Crippen LogP contribution in [0.4, 0.5) is 18.9 Å². The molecule has 0 spiro atoms. The van der Waals surface area contributed by atoms with Crippen molar-refractivity contribution in [3.05, 3.63) is 53.3 Å². The zero-order valence-corrected chi connectivity index (χ0v) is 12.7. The fraction of sp³-hybridized carbons (Fsp3) is 0.250. The smallest absolute Gasteiger partial charge is 0.416 e. The number of hydrogen-bond donors (Lipinski definition) is 2. The second-order valence-corrected chi connectivity index (χ2v) is 4.32. The summed E-state index contributed by atoms with van der Waals surface area (Å²) in [6, 6.07) is 8.54. The predicted octanol–water partition coefficient (Wildman–Crippen LogP) is 4.47. The minimum absolute atomic E-state index is 0.250. The van der Waals surface area contributed by atoms with E-state index in [9.17, 15) is 13.2 Å². The first-order chi connectivity index (χ1) is 10.8. The zero-order valence-electron chi connectivity index (χ0n) is 12.7. The van der Waals surface area contributed by atoms with Crippen LogP contribution in [0, 0.1) is 11.3 Å². The number of benzene rings is 1. The van der Waals surface area contributed by atoms with E-state index in [4.69, 9.17) is 15.2 Å². The highest BCUT2D eigenvalue weighted by atomic mass is 19.4. The average Bonchev–Trinajstić information content (AvgIpc) is 2.47. The maximum absolute atomic E-state index is 12.7. The number of allylic oxidation sites excluding steroid dienone is 4. The van der Waals surface area contributed by atoms with Gasteiger partial charge in [0.1, 0.15) is 0 Å². The molecule has 0 unspecified atom stereocenters. The quantitative estimate of drug-likeness (QED) is 0.632. The maximum atomic E-state index is 12.7. The van der Waals surface area contributed by atoms with Gasteiger partial charge in [-0.05, 0) is 37.6 Å². The van der Waals surface area contributed by atoms with Crippen molar-refractivity contribution >= 4 is 12.2 Å². The van der Waals surface area contributed by atoms with Gasteiger partial charge in [0.15, 0.2) is 0 Å². The van der Waals surface area contributed by atoms with Gasteiger partial charge in [-0.1, -0.05) is 19.1 Å². The van der Waals surface area contributed by atoms with Crippen molar-refractivity contribution in [2.45, 2.75) is 26.4 Å². The number of hydrogen-bond acceptors (Lipinski definition) is 3. The second kappa shape index (κ2) is 10.1. The highest BCUT2D eigenvalue weighted by Crippen LogP contribution is 2.28. The van der Waals surface area contributed by atoms with Crippen molar-refractivity contribution in [3.63, 3.8) is 0 Å². The molecule has 124 valence electrons. The Hall–Kier alpha value is -2.75. The maximum Gasteiger partial charge on any atom is 0.416 e. The molecule has 1 aromatic rings. The molecule has 7 heteroatoms. The van der Waals surface area contributed by atoms with Crippen LogP contribution in [0.15, 0.2) is 47.7 Å². The van der Waals surface area contributed by atoms with Gasteiger partial charge < -0.3 is 10.4 Å². The van der Waals surface area contributed by atoms with E-state index in [0.29, 0.717) is 23.4 Å². The molecule has 0 aliphatic carbocycles. The van der Waals surface area contributed by atoms with Gasteiger partial charge in [0.25, 0.3) is 6.47 Å². The molecule has 1 aromatic carbocycles. The van der Waals surface area contributed by atoms with Crippen LogP contribution in [-0.2, 0) is 4.79 Å². The minimum Gasteiger partial charge on any atom is -0.483 e. The topological polar surface area (TPSA) is 73.1 Å². The van der Waals surface area contributed by atoms with Gasteiger partial charge in [-0.25, -0.2) is 0 Å². The van der Waals surface area contributed by atoms with Crippen LogP contribution >= 0.6 is 0 Å². The molecule has 0 amide bonds. The molecule has 0 heterocycles. The van der Waals surface area contributed by atoms with Crippen LogP contribution in [0.5, 0.6) is 0 Å². The van der Waals surface area contributed by atoms with E-state index in [0.717, 1.165) is 12.2 Å². The molecule has 2 N–H and O–H groups in total. The van der Waals surface area contributed by atoms with Crippen molar-refractivity contribution in [2.75, 3.05) is 5.32 Å². The molecule has 0 aliphatic heterocycles. The number of nitrogens with one attached hydrogen (secondary N) is 1. The lowest BCUT2D eigenvalue weighted by Gasteiger charge is -2.11. The fourth-order valence-electron chi connectivity index (χ4n) is 1.64. The molecule has 23 heavy (non-hydrogen) atoms. The molecule has 0 fully saturated rings. The van der Waals surface area contributed by atoms with Gasteiger partial charge in [0, 0.05) is 11.4 Å². The van der Waals surface area contributed by atoms with Gasteiger partial charge in [0.2, 0.25) is 0 Å². The normalized spacial score (nSPS) is 11.8. The number of carbonyl (C=O) groups is 1. The lowest BCUT2D eigenvalue weighted by atomic mass is 10.1. The first-order valence-corrected chi connectivity index (χ1v) is 6.59. The van der Waals surface area contributed by atoms with Crippen LogP contribution in [0.25, 0.3) is 0 Å². The SMILES string of the molecule is CC/C=C(/C=C(/C)Nc1cccc(C#N)c1)C(F)(F)F.O=CO. The molecule has 0 atom stereocenters. The minimum atomic E-state index is -4.37. The average molecular weight is 326 g/mol. The first kappa shape index (κ1) is 20.2. The largest absolute Gasteiger partial charge is 0.483 e. The van der Waals surface area contributed by atoms with Crippen molar-refractivity contribution in [3.8, 4) is 6.07 Å². The molecule has 0 saturated heterocycles. The summed E-state index contributed by atoms with van der Waals surface area (Å²) < 4.78 is 38.2. The third-order valence-electron chi connectivity index (χ3n) is 2.46. The van der Waals surface area contributed by atoms with Crippen LogP contribution in [0.3, 0.4) is 0 Å². The molecule has 0 bridgehead atoms. The molecule has 4 nitrogen and oxygen atoms in total. The summed E-state index contributed by atoms with van der Waals surface area (Å²) in [4.78, 5) is 8.36. The predicted molar refractivity (Wildman–Crippen MR) is 81.7 cm³/mol. The summed E-state index contributed by atoms with van der Waals surface area (Å²) in [6.45, 7) is 2.95. The second-order valence-electron chi connectivity index (χ2n) is 4.32. The van der Waals surface area contributed by atoms with E-state index in [1.54, 1.807) is 38.1 Å². The Labute approximate surface area is 132 Å². The summed E-state index contributed by atoms with van der Waals surface area (Å²) in [5.74, 6) is 0. The van der Waals surface area contributed by atoms with Crippen LogP contribution in [0.1, 0.15) is 25.8 Å². The van der Waals surface area contributed by atoms with Crippen molar-refractivity contribution < 1.29 is 23.1 Å². The fourth-order valence-corrected chi connectivity index (χ4v) is 1.64. The molecule has 0 aromatic heterocycles. The van der Waals surface area contributed by atoms with Crippen LogP contribution in [0.2, 0.25) is 0 Å².